The second-order valence-electron chi connectivity index (χ2n) is 4.79. The maximum Gasteiger partial charge on any atom is 0.242 e. The van der Waals surface area contributed by atoms with Gasteiger partial charge in [-0.15, -0.1) is 0 Å². The number of nitrogens with one attached hydrogen (secondary N) is 1. The predicted octanol–water partition coefficient (Wildman–Crippen LogP) is 2.32. The van der Waals surface area contributed by atoms with Crippen LogP contribution in [0.5, 0.6) is 0 Å². The number of hydrogen-bond donors (Lipinski definition) is 1. The molecule has 0 spiro atoms. The first-order valence-electron chi connectivity index (χ1n) is 5.90. The van der Waals surface area contributed by atoms with Crippen molar-refractivity contribution in [3.63, 3.8) is 0 Å². The van der Waals surface area contributed by atoms with E-state index in [4.69, 9.17) is 0 Å². The third-order valence-electron chi connectivity index (χ3n) is 3.46. The van der Waals surface area contributed by atoms with Crippen molar-refractivity contribution in [1.29, 1.82) is 0 Å². The van der Waals surface area contributed by atoms with Crippen molar-refractivity contribution >= 4 is 21.8 Å². The molecule has 2 aromatic rings. The van der Waals surface area contributed by atoms with Crippen molar-refractivity contribution in [2.45, 2.75) is 19.0 Å². The summed E-state index contributed by atoms with van der Waals surface area (Å²) in [7, 11) is 0. The number of fused-ring (bicyclic) bond motifs is 1. The summed E-state index contributed by atoms with van der Waals surface area (Å²) >= 11 is 3.04. The standard InChI is InChI=1S/C13H10BrF2N3O/c1-13(7-4-8(14)10(16)5-9(7)15)11-2-3-17-19(11)6-12(20)18-13/h2-5H,6H2,1H3,(H,18,20). The molecular formula is C13H10BrF2N3O. The topological polar surface area (TPSA) is 46.9 Å². The highest BCUT2D eigenvalue weighted by molar-refractivity contribution is 9.10. The number of amides is 1. The van der Waals surface area contributed by atoms with Gasteiger partial charge in [0, 0.05) is 17.8 Å². The summed E-state index contributed by atoms with van der Waals surface area (Å²) < 4.78 is 29.2. The van der Waals surface area contributed by atoms with E-state index in [-0.39, 0.29) is 22.5 Å². The zero-order valence-electron chi connectivity index (χ0n) is 10.5. The van der Waals surface area contributed by atoms with Crippen LogP contribution in [0, 0.1) is 11.6 Å². The Balaban J connectivity index is 2.24. The van der Waals surface area contributed by atoms with Gasteiger partial charge in [-0.3, -0.25) is 9.48 Å². The summed E-state index contributed by atoms with van der Waals surface area (Å²) in [6.45, 7) is 1.75. The van der Waals surface area contributed by atoms with E-state index in [1.54, 1.807) is 19.2 Å². The summed E-state index contributed by atoms with van der Waals surface area (Å²) in [5.74, 6) is -1.68. The molecule has 1 aliphatic heterocycles. The van der Waals surface area contributed by atoms with Gasteiger partial charge < -0.3 is 5.32 Å². The van der Waals surface area contributed by atoms with Gasteiger partial charge in [0.05, 0.1) is 10.2 Å². The molecule has 104 valence electrons. The summed E-state index contributed by atoms with van der Waals surface area (Å²) in [4.78, 5) is 11.8. The Morgan fingerprint density at radius 2 is 2.15 bits per heavy atom. The minimum Gasteiger partial charge on any atom is -0.339 e. The van der Waals surface area contributed by atoms with Crippen LogP contribution in [-0.4, -0.2) is 15.7 Å². The quantitative estimate of drug-likeness (QED) is 0.809. The Morgan fingerprint density at radius 1 is 1.40 bits per heavy atom. The van der Waals surface area contributed by atoms with E-state index >= 15 is 0 Å². The SMILES string of the molecule is CC1(c2cc(Br)c(F)cc2F)NC(=O)Cn2nccc21. The molecule has 0 bridgehead atoms. The van der Waals surface area contributed by atoms with Crippen LogP contribution in [0.1, 0.15) is 18.2 Å². The first-order valence-corrected chi connectivity index (χ1v) is 6.69. The number of rotatable bonds is 1. The van der Waals surface area contributed by atoms with Crippen molar-refractivity contribution in [2.75, 3.05) is 0 Å². The van der Waals surface area contributed by atoms with Crippen LogP contribution in [0.25, 0.3) is 0 Å². The predicted molar refractivity (Wildman–Crippen MR) is 70.9 cm³/mol. The molecule has 0 saturated carbocycles. The number of aromatic nitrogens is 2. The number of benzene rings is 1. The van der Waals surface area contributed by atoms with Crippen molar-refractivity contribution < 1.29 is 13.6 Å². The fraction of sp³-hybridized carbons (Fsp3) is 0.231. The molecule has 1 aromatic heterocycles. The highest BCUT2D eigenvalue weighted by Gasteiger charge is 2.40. The van der Waals surface area contributed by atoms with E-state index in [1.807, 2.05) is 0 Å². The lowest BCUT2D eigenvalue weighted by Crippen LogP contribution is -2.51. The molecule has 0 fully saturated rings. The number of hydrogen-bond acceptors (Lipinski definition) is 2. The highest BCUT2D eigenvalue weighted by atomic mass is 79.9. The van der Waals surface area contributed by atoms with Gasteiger partial charge in [-0.05, 0) is 35.0 Å². The zero-order valence-corrected chi connectivity index (χ0v) is 12.0. The molecular weight excluding hydrogens is 332 g/mol. The Kier molecular flexibility index (Phi) is 2.89. The summed E-state index contributed by atoms with van der Waals surface area (Å²) in [6, 6.07) is 3.84. The van der Waals surface area contributed by atoms with Gasteiger partial charge in [-0.25, -0.2) is 8.78 Å². The number of nitrogens with zero attached hydrogens (tertiary/aromatic N) is 2. The van der Waals surface area contributed by atoms with E-state index in [0.29, 0.717) is 5.69 Å². The van der Waals surface area contributed by atoms with Crippen LogP contribution in [0.15, 0.2) is 28.9 Å². The molecule has 1 aromatic carbocycles. The highest BCUT2D eigenvalue weighted by Crippen LogP contribution is 2.35. The fourth-order valence-corrected chi connectivity index (χ4v) is 2.86. The van der Waals surface area contributed by atoms with Crippen LogP contribution in [-0.2, 0) is 16.9 Å². The van der Waals surface area contributed by atoms with Crippen LogP contribution in [0.4, 0.5) is 8.78 Å². The smallest absolute Gasteiger partial charge is 0.242 e. The first-order chi connectivity index (χ1) is 9.41. The van der Waals surface area contributed by atoms with Gasteiger partial charge in [-0.1, -0.05) is 0 Å². The Morgan fingerprint density at radius 3 is 2.90 bits per heavy atom. The van der Waals surface area contributed by atoms with Crippen molar-refractivity contribution in [1.82, 2.24) is 15.1 Å². The maximum atomic E-state index is 14.1. The maximum absolute atomic E-state index is 14.1. The third kappa shape index (κ3) is 1.84. The average Bonchev–Trinajstić information content (AvgIpc) is 2.82. The van der Waals surface area contributed by atoms with Gasteiger partial charge in [0.1, 0.15) is 23.7 Å². The van der Waals surface area contributed by atoms with E-state index in [1.165, 1.54) is 10.7 Å². The van der Waals surface area contributed by atoms with Crippen LogP contribution < -0.4 is 5.32 Å². The molecule has 2 heterocycles. The van der Waals surface area contributed by atoms with Crippen molar-refractivity contribution in [3.8, 4) is 0 Å². The second kappa shape index (κ2) is 4.37. The minimum atomic E-state index is -1.09. The van der Waals surface area contributed by atoms with Gasteiger partial charge in [0.15, 0.2) is 0 Å². The molecule has 0 radical (unpaired) electrons. The first kappa shape index (κ1) is 13.2. The molecule has 1 aliphatic rings. The van der Waals surface area contributed by atoms with Gasteiger partial charge in [-0.2, -0.15) is 5.10 Å². The molecule has 7 heteroatoms. The average molecular weight is 342 g/mol. The number of carbonyl (C=O) groups excluding carboxylic acids is 1. The van der Waals surface area contributed by atoms with Crippen LogP contribution >= 0.6 is 15.9 Å². The number of carbonyl (C=O) groups is 1. The normalized spacial score (nSPS) is 21.5. The molecule has 1 unspecified atom stereocenters. The Bertz CT molecular complexity index is 716. The van der Waals surface area contributed by atoms with Crippen LogP contribution in [0.3, 0.4) is 0 Å². The molecule has 20 heavy (non-hydrogen) atoms. The van der Waals surface area contributed by atoms with Gasteiger partial charge in [0.2, 0.25) is 5.91 Å². The molecule has 3 rings (SSSR count). The monoisotopic (exact) mass is 341 g/mol. The Labute approximate surface area is 121 Å². The van der Waals surface area contributed by atoms with Crippen molar-refractivity contribution in [2.24, 2.45) is 0 Å². The fourth-order valence-electron chi connectivity index (χ4n) is 2.51. The summed E-state index contributed by atoms with van der Waals surface area (Å²) in [6.07, 6.45) is 1.55. The lowest BCUT2D eigenvalue weighted by atomic mass is 9.86. The molecule has 1 N–H and O–H groups in total. The molecule has 4 nitrogen and oxygen atoms in total. The lowest BCUT2D eigenvalue weighted by molar-refractivity contribution is -0.124. The summed E-state index contributed by atoms with van der Waals surface area (Å²) in [5.41, 5.74) is -0.262. The second-order valence-corrected chi connectivity index (χ2v) is 5.65. The summed E-state index contributed by atoms with van der Waals surface area (Å²) in [5, 5.41) is 6.80. The number of halogens is 3. The van der Waals surface area contributed by atoms with E-state index in [2.05, 4.69) is 26.3 Å². The molecule has 0 aliphatic carbocycles. The molecule has 1 amide bonds. The van der Waals surface area contributed by atoms with E-state index < -0.39 is 17.2 Å². The van der Waals surface area contributed by atoms with Crippen molar-refractivity contribution in [3.05, 3.63) is 51.8 Å². The van der Waals surface area contributed by atoms with Gasteiger partial charge in [0.25, 0.3) is 0 Å². The Hall–Kier alpha value is -1.76. The van der Waals surface area contributed by atoms with Crippen LogP contribution in [0.2, 0.25) is 0 Å². The largest absolute Gasteiger partial charge is 0.339 e. The van der Waals surface area contributed by atoms with E-state index in [9.17, 15) is 13.6 Å². The third-order valence-corrected chi connectivity index (χ3v) is 4.07. The minimum absolute atomic E-state index is 0.0852. The molecule has 0 saturated heterocycles. The zero-order chi connectivity index (χ0) is 14.5. The lowest BCUT2D eigenvalue weighted by Gasteiger charge is -2.36. The van der Waals surface area contributed by atoms with Gasteiger partial charge >= 0.3 is 0 Å². The molecule has 1 atom stereocenters. The van der Waals surface area contributed by atoms with E-state index in [0.717, 1.165) is 6.07 Å².